The highest BCUT2D eigenvalue weighted by molar-refractivity contribution is 9.10. The molecule has 0 aliphatic heterocycles. The Morgan fingerprint density at radius 3 is 2.29 bits per heavy atom. The average molecular weight is 280 g/mol. The number of hydrogen-bond donors (Lipinski definition) is 1. The quantitative estimate of drug-likeness (QED) is 0.856. The van der Waals surface area contributed by atoms with Gasteiger partial charge in [-0.1, -0.05) is 20.8 Å². The third-order valence-corrected chi connectivity index (χ3v) is 2.47. The summed E-state index contributed by atoms with van der Waals surface area (Å²) in [5.41, 5.74) is 7.04. The Morgan fingerprint density at radius 1 is 1.36 bits per heavy atom. The van der Waals surface area contributed by atoms with Crippen molar-refractivity contribution in [2.24, 2.45) is 11.1 Å². The minimum Gasteiger partial charge on any atom is -0.322 e. The number of hydrogen-bond acceptors (Lipinski definition) is 2. The summed E-state index contributed by atoms with van der Waals surface area (Å²) in [5, 5.41) is 0. The average Bonchev–Trinajstić information content (AvgIpc) is 2.03. The van der Waals surface area contributed by atoms with Crippen LogP contribution in [0.1, 0.15) is 32.5 Å². The van der Waals surface area contributed by atoms with Gasteiger partial charge in [-0.15, -0.1) is 12.4 Å². The Kier molecular flexibility index (Phi) is 5.06. The molecule has 1 aromatic heterocycles. The van der Waals surface area contributed by atoms with E-state index in [0.717, 1.165) is 10.2 Å². The van der Waals surface area contributed by atoms with Crippen molar-refractivity contribution in [1.29, 1.82) is 0 Å². The minimum absolute atomic E-state index is 0. The summed E-state index contributed by atoms with van der Waals surface area (Å²) in [6.07, 6.45) is 1.78. The molecule has 1 rings (SSSR count). The molecule has 0 aliphatic rings. The molecule has 0 aromatic carbocycles. The highest BCUT2D eigenvalue weighted by Gasteiger charge is 2.22. The van der Waals surface area contributed by atoms with E-state index in [1.807, 2.05) is 12.1 Å². The van der Waals surface area contributed by atoms with Gasteiger partial charge in [0.15, 0.2) is 0 Å². The second-order valence-corrected chi connectivity index (χ2v) is 5.16. The summed E-state index contributed by atoms with van der Waals surface area (Å²) in [5.74, 6) is 0. The zero-order valence-electron chi connectivity index (χ0n) is 8.62. The van der Waals surface area contributed by atoms with E-state index in [1.54, 1.807) is 6.20 Å². The molecule has 0 saturated carbocycles. The van der Waals surface area contributed by atoms with Crippen molar-refractivity contribution in [3.8, 4) is 0 Å². The van der Waals surface area contributed by atoms with E-state index < -0.39 is 0 Å². The number of rotatable bonds is 1. The summed E-state index contributed by atoms with van der Waals surface area (Å²) in [7, 11) is 0. The predicted octanol–water partition coefficient (Wildman–Crippen LogP) is 3.31. The van der Waals surface area contributed by atoms with E-state index in [4.69, 9.17) is 5.73 Å². The van der Waals surface area contributed by atoms with Gasteiger partial charge in [-0.25, -0.2) is 0 Å². The van der Waals surface area contributed by atoms with Gasteiger partial charge in [0.2, 0.25) is 0 Å². The fourth-order valence-corrected chi connectivity index (χ4v) is 1.25. The highest BCUT2D eigenvalue weighted by atomic mass is 79.9. The minimum atomic E-state index is -0.0133. The highest BCUT2D eigenvalue weighted by Crippen LogP contribution is 2.29. The maximum Gasteiger partial charge on any atom is 0.0577 e. The van der Waals surface area contributed by atoms with Gasteiger partial charge in [0, 0.05) is 10.7 Å². The first-order chi connectivity index (χ1) is 5.91. The van der Waals surface area contributed by atoms with Crippen molar-refractivity contribution in [2.75, 3.05) is 0 Å². The topological polar surface area (TPSA) is 38.9 Å². The van der Waals surface area contributed by atoms with Crippen LogP contribution in [0.5, 0.6) is 0 Å². The fourth-order valence-electron chi connectivity index (χ4n) is 1.01. The van der Waals surface area contributed by atoms with Crippen LogP contribution in [0.2, 0.25) is 0 Å². The van der Waals surface area contributed by atoms with Crippen molar-refractivity contribution >= 4 is 28.3 Å². The third kappa shape index (κ3) is 3.56. The molecule has 1 heterocycles. The first-order valence-corrected chi connectivity index (χ1v) is 5.07. The summed E-state index contributed by atoms with van der Waals surface area (Å²) in [4.78, 5) is 4.27. The van der Waals surface area contributed by atoms with Gasteiger partial charge in [-0.05, 0) is 33.5 Å². The zero-order valence-corrected chi connectivity index (χ0v) is 11.0. The molecule has 2 N–H and O–H groups in total. The van der Waals surface area contributed by atoms with Crippen molar-refractivity contribution in [3.63, 3.8) is 0 Å². The van der Waals surface area contributed by atoms with Gasteiger partial charge in [-0.2, -0.15) is 0 Å². The molecule has 0 bridgehead atoms. The Morgan fingerprint density at radius 2 is 1.93 bits per heavy atom. The van der Waals surface area contributed by atoms with E-state index in [2.05, 4.69) is 41.7 Å². The molecule has 2 nitrogen and oxygen atoms in total. The number of nitrogens with two attached hydrogens (primary N) is 1. The second kappa shape index (κ2) is 5.10. The van der Waals surface area contributed by atoms with Crippen molar-refractivity contribution < 1.29 is 0 Å². The fraction of sp³-hybridized carbons (Fsp3) is 0.500. The number of halogens is 2. The molecule has 80 valence electrons. The normalized spacial score (nSPS) is 13.2. The first-order valence-electron chi connectivity index (χ1n) is 4.28. The number of aromatic nitrogens is 1. The summed E-state index contributed by atoms with van der Waals surface area (Å²) >= 11 is 3.34. The Bertz CT molecular complexity index is 279. The van der Waals surface area contributed by atoms with E-state index in [1.165, 1.54) is 0 Å². The molecule has 0 amide bonds. The standard InChI is InChI=1S/C10H15BrN2.ClH/c1-10(2,3)9(12)8-5-4-7(11)6-13-8;/h4-6,9H,12H2,1-3H3;1H/t9-;/m0./s1. The van der Waals surface area contributed by atoms with Crippen LogP contribution in [-0.2, 0) is 0 Å². The van der Waals surface area contributed by atoms with Gasteiger partial charge in [0.05, 0.1) is 11.7 Å². The van der Waals surface area contributed by atoms with E-state index in [-0.39, 0.29) is 23.9 Å². The van der Waals surface area contributed by atoms with Crippen LogP contribution in [0.4, 0.5) is 0 Å². The number of nitrogens with zero attached hydrogens (tertiary/aromatic N) is 1. The van der Waals surface area contributed by atoms with Gasteiger partial charge in [0.1, 0.15) is 0 Å². The Balaban J connectivity index is 0.00000169. The monoisotopic (exact) mass is 278 g/mol. The van der Waals surface area contributed by atoms with Crippen LogP contribution in [0.25, 0.3) is 0 Å². The van der Waals surface area contributed by atoms with E-state index in [0.29, 0.717) is 0 Å². The lowest BCUT2D eigenvalue weighted by Crippen LogP contribution is -2.26. The van der Waals surface area contributed by atoms with Crippen LogP contribution in [-0.4, -0.2) is 4.98 Å². The van der Waals surface area contributed by atoms with E-state index in [9.17, 15) is 0 Å². The predicted molar refractivity (Wildman–Crippen MR) is 65.6 cm³/mol. The van der Waals surface area contributed by atoms with E-state index >= 15 is 0 Å². The third-order valence-electron chi connectivity index (χ3n) is 2.00. The maximum atomic E-state index is 6.04. The van der Waals surface area contributed by atoms with Crippen molar-refractivity contribution in [3.05, 3.63) is 28.5 Å². The maximum absolute atomic E-state index is 6.04. The van der Waals surface area contributed by atoms with Gasteiger partial charge in [0.25, 0.3) is 0 Å². The van der Waals surface area contributed by atoms with Crippen LogP contribution in [0, 0.1) is 5.41 Å². The lowest BCUT2D eigenvalue weighted by Gasteiger charge is -2.26. The number of pyridine rings is 1. The molecule has 4 heteroatoms. The molecular formula is C10H16BrClN2. The summed E-state index contributed by atoms with van der Waals surface area (Å²) in [6, 6.07) is 3.91. The molecule has 1 atom stereocenters. The second-order valence-electron chi connectivity index (χ2n) is 4.24. The SMILES string of the molecule is CC(C)(C)[C@@H](N)c1ccc(Br)cn1.Cl. The lowest BCUT2D eigenvalue weighted by atomic mass is 9.85. The van der Waals surface area contributed by atoms with Gasteiger partial charge < -0.3 is 5.73 Å². The van der Waals surface area contributed by atoms with Gasteiger partial charge in [-0.3, -0.25) is 4.98 Å². The molecule has 0 fully saturated rings. The molecule has 0 unspecified atom stereocenters. The molecule has 1 aromatic rings. The smallest absolute Gasteiger partial charge is 0.0577 e. The zero-order chi connectivity index (χ0) is 10.1. The molecule has 0 saturated heterocycles. The van der Waals surface area contributed by atoms with Gasteiger partial charge >= 0.3 is 0 Å². The molecule has 0 spiro atoms. The first kappa shape index (κ1) is 13.9. The Hall–Kier alpha value is -0.120. The molecule has 0 aliphatic carbocycles. The molecule has 0 radical (unpaired) electrons. The summed E-state index contributed by atoms with van der Waals surface area (Å²) in [6.45, 7) is 6.34. The van der Waals surface area contributed by atoms with Crippen LogP contribution in [0.15, 0.2) is 22.8 Å². The molecular weight excluding hydrogens is 263 g/mol. The Labute approximate surface area is 99.8 Å². The van der Waals surface area contributed by atoms with Crippen LogP contribution >= 0.6 is 28.3 Å². The summed E-state index contributed by atoms with van der Waals surface area (Å²) < 4.78 is 0.984. The van der Waals surface area contributed by atoms with Crippen molar-refractivity contribution in [1.82, 2.24) is 4.98 Å². The largest absolute Gasteiger partial charge is 0.322 e. The molecule has 14 heavy (non-hydrogen) atoms. The van der Waals surface area contributed by atoms with Crippen LogP contribution in [0.3, 0.4) is 0 Å². The van der Waals surface area contributed by atoms with Crippen LogP contribution < -0.4 is 5.73 Å². The van der Waals surface area contributed by atoms with Crippen molar-refractivity contribution in [2.45, 2.75) is 26.8 Å². The lowest BCUT2D eigenvalue weighted by molar-refractivity contribution is 0.321.